The number of fused-ring (bicyclic) bond motifs is 2. The average molecular weight is 331 g/mol. The number of aliphatic hydroxyl groups excluding tert-OH is 1. The van der Waals surface area contributed by atoms with Crippen LogP contribution in [0.3, 0.4) is 0 Å². The van der Waals surface area contributed by atoms with E-state index >= 15 is 0 Å². The molecule has 2 nitrogen and oxygen atoms in total. The molecule has 0 amide bonds. The second-order valence-corrected chi connectivity index (χ2v) is 9.95. The molecule has 2 aliphatic rings. The number of rotatable bonds is 5. The van der Waals surface area contributed by atoms with Crippen LogP contribution in [-0.4, -0.2) is 32.0 Å². The summed E-state index contributed by atoms with van der Waals surface area (Å²) in [5.74, 6) is 1.07. The summed E-state index contributed by atoms with van der Waals surface area (Å²) in [6.07, 6.45) is 3.88. The molecule has 0 heterocycles. The number of carbonyl (C=O) groups excluding carboxylic acids is 1. The van der Waals surface area contributed by atoms with E-state index in [1.54, 1.807) is 0 Å². The van der Waals surface area contributed by atoms with E-state index in [2.05, 4.69) is 27.7 Å². The topological polar surface area (TPSA) is 37.3 Å². The zero-order chi connectivity index (χ0) is 14.4. The van der Waals surface area contributed by atoms with Crippen LogP contribution in [0, 0.1) is 16.7 Å². The van der Waals surface area contributed by atoms with Gasteiger partial charge in [-0.1, -0.05) is 0 Å². The Morgan fingerprint density at radius 2 is 1.95 bits per heavy atom. The maximum absolute atomic E-state index is 12.8. The van der Waals surface area contributed by atoms with Gasteiger partial charge in [0, 0.05) is 0 Å². The Bertz CT molecular complexity index is 366. The summed E-state index contributed by atoms with van der Waals surface area (Å²) in [5, 5.41) is 10.1. The van der Waals surface area contributed by atoms with Gasteiger partial charge in [0.25, 0.3) is 0 Å². The van der Waals surface area contributed by atoms with E-state index in [-0.39, 0.29) is 36.7 Å². The molecule has 2 aliphatic carbocycles. The van der Waals surface area contributed by atoms with Crippen LogP contribution in [0.5, 0.6) is 0 Å². The molecule has 2 bridgehead atoms. The van der Waals surface area contributed by atoms with Crippen LogP contribution in [0.15, 0.2) is 0 Å². The van der Waals surface area contributed by atoms with Crippen LogP contribution in [0.4, 0.5) is 0 Å². The van der Waals surface area contributed by atoms with E-state index in [9.17, 15) is 9.90 Å². The van der Waals surface area contributed by atoms with Crippen LogP contribution in [0.25, 0.3) is 0 Å². The average Bonchev–Trinajstić information content (AvgIpc) is 2.68. The quantitative estimate of drug-likeness (QED) is 0.783. The van der Waals surface area contributed by atoms with Gasteiger partial charge < -0.3 is 0 Å². The molecule has 2 rings (SSSR count). The van der Waals surface area contributed by atoms with Crippen LogP contribution in [0.2, 0.25) is 9.63 Å². The fourth-order valence-electron chi connectivity index (χ4n) is 4.07. The number of carbonyl (C=O) groups is 1. The van der Waals surface area contributed by atoms with E-state index in [0.717, 1.165) is 19.3 Å². The first-order chi connectivity index (χ1) is 8.79. The summed E-state index contributed by atoms with van der Waals surface area (Å²) in [4.78, 5) is 13.4. The third-order valence-corrected chi connectivity index (χ3v) is 9.89. The molecule has 5 atom stereocenters. The molecule has 0 aromatic carbocycles. The molecular weight excluding hydrogens is 303 g/mol. The van der Waals surface area contributed by atoms with E-state index in [1.807, 2.05) is 6.92 Å². The van der Waals surface area contributed by atoms with Gasteiger partial charge in [-0.3, -0.25) is 0 Å². The number of aliphatic hydroxyl groups is 1. The van der Waals surface area contributed by atoms with Gasteiger partial charge in [-0.05, 0) is 0 Å². The third-order valence-electron chi connectivity index (χ3n) is 6.04. The van der Waals surface area contributed by atoms with Crippen molar-refractivity contribution < 1.29 is 9.90 Å². The summed E-state index contributed by atoms with van der Waals surface area (Å²) in [6, 6.07) is 0. The van der Waals surface area contributed by atoms with Crippen molar-refractivity contribution in [1.29, 1.82) is 0 Å². The maximum atomic E-state index is 12.8. The Morgan fingerprint density at radius 3 is 2.37 bits per heavy atom. The summed E-state index contributed by atoms with van der Waals surface area (Å²) in [6.45, 7) is 10.9. The Balaban J connectivity index is 2.17. The van der Waals surface area contributed by atoms with Gasteiger partial charge in [0.05, 0.1) is 0 Å². The van der Waals surface area contributed by atoms with Gasteiger partial charge in [-0.25, -0.2) is 0 Å². The minimum atomic E-state index is -0.215. The first kappa shape index (κ1) is 15.5. The number of Topliss-reactive ketones (excluding diaryl/α,β-unsaturated/α-hetero) is 1. The minimum absolute atomic E-state index is 0.0977. The zero-order valence-electron chi connectivity index (χ0n) is 12.9. The Labute approximate surface area is 123 Å². The SMILES string of the molecule is CC[C@H](O)[C@@H](CC)[Se][C@@H]1C(=O)[C@]2(C)CC[C@H]1C2(C)C. The van der Waals surface area contributed by atoms with Gasteiger partial charge in [-0.2, -0.15) is 0 Å². The number of hydrogen-bond donors (Lipinski definition) is 1. The van der Waals surface area contributed by atoms with Crippen LogP contribution in [-0.2, 0) is 4.79 Å². The summed E-state index contributed by atoms with van der Waals surface area (Å²) < 4.78 is 0. The second kappa shape index (κ2) is 5.16. The first-order valence-electron chi connectivity index (χ1n) is 7.67. The molecule has 0 aromatic rings. The Kier molecular flexibility index (Phi) is 4.22. The second-order valence-electron chi connectivity index (χ2n) is 7.04. The van der Waals surface area contributed by atoms with Gasteiger partial charge in [0.15, 0.2) is 0 Å². The van der Waals surface area contributed by atoms with Crippen molar-refractivity contribution in [3.63, 3.8) is 0 Å². The molecule has 0 aromatic heterocycles. The molecule has 2 fully saturated rings. The van der Waals surface area contributed by atoms with Crippen molar-refractivity contribution in [2.24, 2.45) is 16.7 Å². The Morgan fingerprint density at radius 1 is 1.32 bits per heavy atom. The molecule has 1 N–H and O–H groups in total. The molecule has 0 saturated heterocycles. The molecule has 3 heteroatoms. The van der Waals surface area contributed by atoms with E-state index in [0.29, 0.717) is 16.5 Å². The fraction of sp³-hybridized carbons (Fsp3) is 0.938. The third kappa shape index (κ3) is 2.13. The van der Waals surface area contributed by atoms with E-state index in [1.165, 1.54) is 6.42 Å². The van der Waals surface area contributed by atoms with E-state index < -0.39 is 0 Å². The van der Waals surface area contributed by atoms with E-state index in [4.69, 9.17) is 0 Å². The van der Waals surface area contributed by atoms with Crippen molar-refractivity contribution in [2.75, 3.05) is 0 Å². The van der Waals surface area contributed by atoms with Crippen molar-refractivity contribution in [3.05, 3.63) is 0 Å². The van der Waals surface area contributed by atoms with Crippen molar-refractivity contribution in [2.45, 2.75) is 76.0 Å². The van der Waals surface area contributed by atoms with Crippen molar-refractivity contribution in [3.8, 4) is 0 Å². The molecule has 110 valence electrons. The monoisotopic (exact) mass is 332 g/mol. The number of hydrogen-bond acceptors (Lipinski definition) is 2. The summed E-state index contributed by atoms with van der Waals surface area (Å²) in [5.41, 5.74) is 0.0610. The first-order valence-corrected chi connectivity index (χ1v) is 9.65. The molecule has 2 saturated carbocycles. The molecule has 0 unspecified atom stereocenters. The molecule has 0 spiro atoms. The van der Waals surface area contributed by atoms with Crippen LogP contribution in [0.1, 0.15) is 60.3 Å². The zero-order valence-corrected chi connectivity index (χ0v) is 14.6. The molecular formula is C16H28O2Se. The van der Waals surface area contributed by atoms with Crippen molar-refractivity contribution >= 4 is 20.7 Å². The van der Waals surface area contributed by atoms with Crippen LogP contribution < -0.4 is 0 Å². The van der Waals surface area contributed by atoms with Crippen LogP contribution >= 0.6 is 0 Å². The van der Waals surface area contributed by atoms with Crippen molar-refractivity contribution in [1.82, 2.24) is 0 Å². The summed E-state index contributed by atoms with van der Waals surface area (Å²) in [7, 11) is 0. The number of ketones is 1. The predicted molar refractivity (Wildman–Crippen MR) is 79.5 cm³/mol. The van der Waals surface area contributed by atoms with Gasteiger partial charge in [0.2, 0.25) is 0 Å². The van der Waals surface area contributed by atoms with Gasteiger partial charge >= 0.3 is 123 Å². The van der Waals surface area contributed by atoms with Gasteiger partial charge in [0.1, 0.15) is 0 Å². The fourth-order valence-corrected chi connectivity index (χ4v) is 8.25. The molecule has 0 radical (unpaired) electrons. The normalized spacial score (nSPS) is 39.6. The molecule has 19 heavy (non-hydrogen) atoms. The van der Waals surface area contributed by atoms with Gasteiger partial charge in [-0.15, -0.1) is 0 Å². The summed E-state index contributed by atoms with van der Waals surface area (Å²) >= 11 is 0.251. The molecule has 0 aliphatic heterocycles. The predicted octanol–water partition coefficient (Wildman–Crippen LogP) is 3.47. The standard InChI is InChI=1S/C16H28O2Se/c1-6-11(17)12(7-2)19-13-10-8-9-16(5,14(13)18)15(10,3)4/h10-13,17H,6-9H2,1-5H3/t10-,11+,12-,13+,16+/m1/s1. The Hall–Kier alpha value is 0.149.